The maximum atomic E-state index is 14.1. The highest BCUT2D eigenvalue weighted by molar-refractivity contribution is 6.30. The van der Waals surface area contributed by atoms with E-state index < -0.39 is 11.9 Å². The van der Waals surface area contributed by atoms with Gasteiger partial charge in [0.1, 0.15) is 23.8 Å². The normalized spacial score (nSPS) is 12.1. The van der Waals surface area contributed by atoms with E-state index in [2.05, 4.69) is 10.1 Å². The lowest BCUT2D eigenvalue weighted by Crippen LogP contribution is -2.13. The lowest BCUT2D eigenvalue weighted by Gasteiger charge is -2.13. The third kappa shape index (κ3) is 5.80. The molecule has 1 N–H and O–H groups in total. The molecule has 0 bridgehead atoms. The van der Waals surface area contributed by atoms with Crippen molar-refractivity contribution in [3.63, 3.8) is 0 Å². The van der Waals surface area contributed by atoms with Crippen LogP contribution in [0.25, 0.3) is 22.4 Å². The first kappa shape index (κ1) is 26.3. The first-order chi connectivity index (χ1) is 17.6. The molecule has 0 atom stereocenters. The number of rotatable bonds is 7. The predicted molar refractivity (Wildman–Crippen MR) is 139 cm³/mol. The van der Waals surface area contributed by atoms with Gasteiger partial charge in [-0.1, -0.05) is 48.0 Å². The van der Waals surface area contributed by atoms with Crippen LogP contribution in [0.1, 0.15) is 30.7 Å². The average molecular weight is 528 g/mol. The molecule has 1 heterocycles. The lowest BCUT2D eigenvalue weighted by molar-refractivity contribution is -0.143. The van der Waals surface area contributed by atoms with Crippen LogP contribution in [0, 0.1) is 0 Å². The second-order valence-corrected chi connectivity index (χ2v) is 8.86. The van der Waals surface area contributed by atoms with Gasteiger partial charge < -0.3 is 9.84 Å². The van der Waals surface area contributed by atoms with Crippen LogP contribution in [0.2, 0.25) is 5.02 Å². The van der Waals surface area contributed by atoms with Gasteiger partial charge in [0.15, 0.2) is 5.69 Å². The molecule has 0 fully saturated rings. The number of phenols is 1. The zero-order chi connectivity index (χ0) is 26.7. The van der Waals surface area contributed by atoms with Crippen LogP contribution >= 0.6 is 11.6 Å². The molecule has 0 unspecified atom stereocenters. The number of hydrogen-bond donors (Lipinski definition) is 1. The highest BCUT2D eigenvalue weighted by Gasteiger charge is 2.40. The zero-order valence-electron chi connectivity index (χ0n) is 20.5. The Morgan fingerprint density at radius 2 is 1.73 bits per heavy atom. The fourth-order valence-corrected chi connectivity index (χ4v) is 4.19. The summed E-state index contributed by atoms with van der Waals surface area (Å²) in [6, 6.07) is 18.3. The van der Waals surface area contributed by atoms with Gasteiger partial charge in [-0.05, 0) is 54.8 Å². The maximum absolute atomic E-state index is 14.1. The Bertz CT molecular complexity index is 1430. The van der Waals surface area contributed by atoms with Crippen LogP contribution in [-0.4, -0.2) is 27.1 Å². The summed E-state index contributed by atoms with van der Waals surface area (Å²) in [5.41, 5.74) is 1.96. The van der Waals surface area contributed by atoms with Crippen LogP contribution in [0.3, 0.4) is 0 Å². The molecule has 4 aromatic rings. The standard InChI is InChI=1S/C28H25ClF3N3O2/c1-4-33-17(2)19-7-9-20(10-8-19)25-26(34-35(3)27(25)28(30,31)32)23-14-13-22(15-24(23)36)37-16-18-5-11-21(29)12-6-18/h5-15,36H,4,16H2,1-3H3. The number of aliphatic imine (C=N–C) groups is 1. The Labute approximate surface area is 217 Å². The van der Waals surface area contributed by atoms with Crippen LogP contribution in [0.15, 0.2) is 71.7 Å². The number of aryl methyl sites for hydroxylation is 1. The van der Waals surface area contributed by atoms with E-state index >= 15 is 0 Å². The molecule has 5 nitrogen and oxygen atoms in total. The molecule has 0 amide bonds. The summed E-state index contributed by atoms with van der Waals surface area (Å²) in [6.45, 7) is 4.60. The Hall–Kier alpha value is -3.78. The van der Waals surface area contributed by atoms with Crippen LogP contribution in [0.4, 0.5) is 13.2 Å². The van der Waals surface area contributed by atoms with Crippen molar-refractivity contribution in [1.29, 1.82) is 0 Å². The van der Waals surface area contributed by atoms with Gasteiger partial charge in [0.05, 0.1) is 0 Å². The van der Waals surface area contributed by atoms with Crippen LogP contribution < -0.4 is 4.74 Å². The molecule has 37 heavy (non-hydrogen) atoms. The summed E-state index contributed by atoms with van der Waals surface area (Å²) < 4.78 is 48.9. The van der Waals surface area contributed by atoms with E-state index in [9.17, 15) is 18.3 Å². The lowest BCUT2D eigenvalue weighted by atomic mass is 9.96. The second-order valence-electron chi connectivity index (χ2n) is 8.42. The molecule has 1 aromatic heterocycles. The number of aromatic nitrogens is 2. The number of nitrogens with zero attached hydrogens (tertiary/aromatic N) is 3. The summed E-state index contributed by atoms with van der Waals surface area (Å²) in [7, 11) is 1.24. The smallest absolute Gasteiger partial charge is 0.433 e. The molecule has 0 aliphatic carbocycles. The number of phenolic OH excluding ortho intramolecular Hbond substituents is 1. The summed E-state index contributed by atoms with van der Waals surface area (Å²) in [6.07, 6.45) is -4.66. The number of halogens is 4. The molecule has 0 saturated carbocycles. The Kier molecular flexibility index (Phi) is 7.59. The number of hydrogen-bond acceptors (Lipinski definition) is 4. The van der Waals surface area contributed by atoms with E-state index in [1.807, 2.05) is 26.0 Å². The topological polar surface area (TPSA) is 59.6 Å². The van der Waals surface area contributed by atoms with Crippen molar-refractivity contribution in [3.05, 3.63) is 88.6 Å². The molecule has 0 radical (unpaired) electrons. The van der Waals surface area contributed by atoms with Crippen LogP contribution in [0.5, 0.6) is 11.5 Å². The van der Waals surface area contributed by atoms with Crippen molar-refractivity contribution in [2.24, 2.45) is 12.0 Å². The number of ether oxygens (including phenoxy) is 1. The minimum Gasteiger partial charge on any atom is -0.507 e. The minimum absolute atomic E-state index is 0.0169. The van der Waals surface area contributed by atoms with Gasteiger partial charge in [-0.15, -0.1) is 0 Å². The van der Waals surface area contributed by atoms with Crippen molar-refractivity contribution in [2.45, 2.75) is 26.6 Å². The first-order valence-electron chi connectivity index (χ1n) is 11.5. The molecule has 4 rings (SSSR count). The van der Waals surface area contributed by atoms with Gasteiger partial charge in [0, 0.05) is 41.5 Å². The van der Waals surface area contributed by atoms with E-state index in [1.165, 1.54) is 19.2 Å². The monoisotopic (exact) mass is 527 g/mol. The largest absolute Gasteiger partial charge is 0.507 e. The minimum atomic E-state index is -4.66. The highest BCUT2D eigenvalue weighted by atomic mass is 35.5. The van der Waals surface area contributed by atoms with Gasteiger partial charge in [-0.2, -0.15) is 18.3 Å². The van der Waals surface area contributed by atoms with Crippen molar-refractivity contribution in [2.75, 3.05) is 6.54 Å². The fourth-order valence-electron chi connectivity index (χ4n) is 4.07. The van der Waals surface area contributed by atoms with Gasteiger partial charge in [-0.3, -0.25) is 9.67 Å². The molecule has 3 aromatic carbocycles. The van der Waals surface area contributed by atoms with Crippen molar-refractivity contribution in [3.8, 4) is 33.9 Å². The molecule has 0 saturated heterocycles. The zero-order valence-corrected chi connectivity index (χ0v) is 21.2. The first-order valence-corrected chi connectivity index (χ1v) is 11.9. The summed E-state index contributed by atoms with van der Waals surface area (Å²) in [5, 5.41) is 15.6. The van der Waals surface area contributed by atoms with E-state index in [0.29, 0.717) is 22.9 Å². The van der Waals surface area contributed by atoms with Gasteiger partial charge in [0.2, 0.25) is 0 Å². The van der Waals surface area contributed by atoms with E-state index in [1.54, 1.807) is 42.5 Å². The van der Waals surface area contributed by atoms with E-state index in [4.69, 9.17) is 16.3 Å². The summed E-state index contributed by atoms with van der Waals surface area (Å²) in [5.74, 6) is 0.115. The van der Waals surface area contributed by atoms with Crippen molar-refractivity contribution < 1.29 is 23.0 Å². The van der Waals surface area contributed by atoms with Gasteiger partial charge >= 0.3 is 6.18 Å². The Morgan fingerprint density at radius 1 is 1.05 bits per heavy atom. The van der Waals surface area contributed by atoms with E-state index in [-0.39, 0.29) is 29.2 Å². The second kappa shape index (κ2) is 10.7. The highest BCUT2D eigenvalue weighted by Crippen LogP contribution is 2.44. The molecule has 0 aliphatic heterocycles. The number of alkyl halides is 3. The third-order valence-corrected chi connectivity index (χ3v) is 6.10. The van der Waals surface area contributed by atoms with Gasteiger partial charge in [0.25, 0.3) is 0 Å². The summed E-state index contributed by atoms with van der Waals surface area (Å²) in [4.78, 5) is 4.35. The molecule has 0 aliphatic rings. The fraction of sp³-hybridized carbons (Fsp3) is 0.214. The molecule has 0 spiro atoms. The van der Waals surface area contributed by atoms with Crippen molar-refractivity contribution in [1.82, 2.24) is 9.78 Å². The van der Waals surface area contributed by atoms with Crippen LogP contribution in [-0.2, 0) is 19.8 Å². The molecule has 9 heteroatoms. The SMILES string of the molecule is CCN=C(C)c1ccc(-c2c(-c3ccc(OCc4ccc(Cl)cc4)cc3O)nn(C)c2C(F)(F)F)cc1. The number of benzene rings is 3. The molecule has 192 valence electrons. The molecular weight excluding hydrogens is 503 g/mol. The van der Waals surface area contributed by atoms with Gasteiger partial charge in [-0.25, -0.2) is 0 Å². The Morgan fingerprint density at radius 3 is 2.32 bits per heavy atom. The third-order valence-electron chi connectivity index (χ3n) is 5.85. The van der Waals surface area contributed by atoms with Crippen molar-refractivity contribution >= 4 is 17.3 Å². The molecular formula is C28H25ClF3N3O2. The summed E-state index contributed by atoms with van der Waals surface area (Å²) >= 11 is 5.90. The Balaban J connectivity index is 1.73. The number of aromatic hydroxyl groups is 1. The quantitative estimate of drug-likeness (QED) is 0.253. The predicted octanol–water partition coefficient (Wildman–Crippen LogP) is 7.54. The maximum Gasteiger partial charge on any atom is 0.433 e. The average Bonchev–Trinajstić information content (AvgIpc) is 3.21. The van der Waals surface area contributed by atoms with E-state index in [0.717, 1.165) is 21.5 Å².